The lowest BCUT2D eigenvalue weighted by Crippen LogP contribution is -2.27. The van der Waals surface area contributed by atoms with Gasteiger partial charge in [-0.2, -0.15) is 0 Å². The summed E-state index contributed by atoms with van der Waals surface area (Å²) < 4.78 is 5.75. The summed E-state index contributed by atoms with van der Waals surface area (Å²) in [6.45, 7) is 7.33. The monoisotopic (exact) mass is 304 g/mol. The Hall–Kier alpha value is -0.210. The molecule has 0 bridgehead atoms. The van der Waals surface area contributed by atoms with Crippen LogP contribution in [-0.4, -0.2) is 11.9 Å². The van der Waals surface area contributed by atoms with Crippen molar-refractivity contribution in [2.75, 3.05) is 11.9 Å². The Morgan fingerprint density at radius 3 is 2.44 bits per heavy atom. The quantitative estimate of drug-likeness (QED) is 0.728. The second-order valence-electron chi connectivity index (χ2n) is 4.96. The van der Waals surface area contributed by atoms with Crippen molar-refractivity contribution in [1.29, 1.82) is 0 Å². The number of hydrogen-bond acceptors (Lipinski definition) is 1. The maximum absolute atomic E-state index is 6.03. The first-order chi connectivity index (χ1) is 7.45. The Morgan fingerprint density at radius 2 is 1.94 bits per heavy atom. The maximum atomic E-state index is 6.03. The van der Waals surface area contributed by atoms with Gasteiger partial charge in [-0.05, 0) is 17.5 Å². The van der Waals surface area contributed by atoms with E-state index in [2.05, 4.69) is 36.7 Å². The van der Waals surface area contributed by atoms with Crippen molar-refractivity contribution < 1.29 is 4.74 Å². The van der Waals surface area contributed by atoms with E-state index in [4.69, 9.17) is 16.3 Å². The molecule has 1 unspecified atom stereocenters. The van der Waals surface area contributed by atoms with E-state index in [0.717, 1.165) is 11.1 Å². The highest BCUT2D eigenvalue weighted by Crippen LogP contribution is 2.30. The van der Waals surface area contributed by atoms with Gasteiger partial charge >= 0.3 is 0 Å². The molecule has 0 aliphatic rings. The number of rotatable bonds is 4. The molecule has 0 spiro atoms. The molecule has 0 saturated heterocycles. The fourth-order valence-electron chi connectivity index (χ4n) is 1.28. The molecule has 0 aliphatic heterocycles. The zero-order valence-electron chi connectivity index (χ0n) is 9.97. The van der Waals surface area contributed by atoms with Crippen LogP contribution in [0.4, 0.5) is 0 Å². The fraction of sp³-hybridized carbons (Fsp3) is 0.538. The normalized spacial score (nSPS) is 13.6. The summed E-state index contributed by atoms with van der Waals surface area (Å²) in [5, 5.41) is 1.60. The molecule has 0 saturated carbocycles. The topological polar surface area (TPSA) is 9.23 Å². The van der Waals surface area contributed by atoms with E-state index in [1.165, 1.54) is 0 Å². The highest BCUT2D eigenvalue weighted by Gasteiger charge is 2.24. The first-order valence-corrected chi connectivity index (χ1v) is 6.88. The first kappa shape index (κ1) is 13.9. The minimum atomic E-state index is 0.227. The summed E-state index contributed by atoms with van der Waals surface area (Å²) in [6, 6.07) is 7.58. The van der Waals surface area contributed by atoms with Crippen LogP contribution in [-0.2, 0) is 0 Å². The van der Waals surface area contributed by atoms with Gasteiger partial charge in [0.1, 0.15) is 5.75 Å². The van der Waals surface area contributed by atoms with Crippen molar-refractivity contribution in [2.24, 2.45) is 11.3 Å². The molecule has 1 aromatic carbocycles. The molecule has 90 valence electrons. The zero-order valence-corrected chi connectivity index (χ0v) is 12.3. The summed E-state index contributed by atoms with van der Waals surface area (Å²) in [5.41, 5.74) is 0.227. The van der Waals surface area contributed by atoms with Crippen molar-refractivity contribution in [2.45, 2.75) is 20.8 Å². The van der Waals surface area contributed by atoms with Crippen LogP contribution in [0.2, 0.25) is 5.02 Å². The van der Waals surface area contributed by atoms with Crippen LogP contribution in [0.15, 0.2) is 24.3 Å². The molecule has 0 N–H and O–H groups in total. The second-order valence-corrected chi connectivity index (χ2v) is 6.01. The Morgan fingerprint density at radius 1 is 1.31 bits per heavy atom. The summed E-state index contributed by atoms with van der Waals surface area (Å²) in [5.74, 6) is 1.23. The smallest absolute Gasteiger partial charge is 0.137 e. The third kappa shape index (κ3) is 3.99. The fourth-order valence-corrected chi connectivity index (χ4v) is 2.63. The van der Waals surface area contributed by atoms with Crippen molar-refractivity contribution in [3.05, 3.63) is 29.3 Å². The van der Waals surface area contributed by atoms with Gasteiger partial charge in [0.2, 0.25) is 0 Å². The Balaban J connectivity index is 2.60. The first-order valence-electron chi connectivity index (χ1n) is 5.38. The second kappa shape index (κ2) is 5.92. The minimum absolute atomic E-state index is 0.227. The zero-order chi connectivity index (χ0) is 12.2. The van der Waals surface area contributed by atoms with E-state index in [0.29, 0.717) is 17.5 Å². The molecule has 0 aromatic heterocycles. The lowest BCUT2D eigenvalue weighted by molar-refractivity contribution is 0.166. The Labute approximate surface area is 111 Å². The molecule has 3 heteroatoms. The lowest BCUT2D eigenvalue weighted by atomic mass is 9.83. The Bertz CT molecular complexity index is 333. The molecular weight excluding hydrogens is 287 g/mol. The summed E-state index contributed by atoms with van der Waals surface area (Å²) in [6.07, 6.45) is 0. The van der Waals surface area contributed by atoms with Crippen LogP contribution in [0.25, 0.3) is 0 Å². The Kier molecular flexibility index (Phi) is 5.13. The van der Waals surface area contributed by atoms with Gasteiger partial charge in [0.15, 0.2) is 0 Å². The number of benzene rings is 1. The van der Waals surface area contributed by atoms with Crippen LogP contribution >= 0.6 is 27.5 Å². The van der Waals surface area contributed by atoms with Crippen molar-refractivity contribution in [1.82, 2.24) is 0 Å². The molecule has 1 atom stereocenters. The summed E-state index contributed by atoms with van der Waals surface area (Å²) in [4.78, 5) is 0. The van der Waals surface area contributed by atoms with Gasteiger partial charge in [0.05, 0.1) is 11.6 Å². The number of halogens is 2. The highest BCUT2D eigenvalue weighted by molar-refractivity contribution is 9.09. The molecule has 0 heterocycles. The average Bonchev–Trinajstić information content (AvgIpc) is 2.19. The van der Waals surface area contributed by atoms with Crippen molar-refractivity contribution >= 4 is 27.5 Å². The van der Waals surface area contributed by atoms with Gasteiger partial charge in [0, 0.05) is 11.2 Å². The molecule has 1 nitrogen and oxygen atoms in total. The van der Waals surface area contributed by atoms with Gasteiger partial charge in [-0.15, -0.1) is 0 Å². The van der Waals surface area contributed by atoms with Crippen LogP contribution < -0.4 is 4.74 Å². The number of para-hydroxylation sites is 1. The van der Waals surface area contributed by atoms with Crippen LogP contribution in [0, 0.1) is 11.3 Å². The maximum Gasteiger partial charge on any atom is 0.137 e. The third-order valence-corrected chi connectivity index (χ3v) is 3.78. The van der Waals surface area contributed by atoms with Crippen molar-refractivity contribution in [3.8, 4) is 5.75 Å². The average molecular weight is 306 g/mol. The molecule has 16 heavy (non-hydrogen) atoms. The number of alkyl halides is 1. The van der Waals surface area contributed by atoms with E-state index in [-0.39, 0.29) is 5.41 Å². The number of ether oxygens (including phenoxy) is 1. The molecule has 0 aliphatic carbocycles. The molecule has 0 amide bonds. The third-order valence-electron chi connectivity index (χ3n) is 2.69. The predicted molar refractivity (Wildman–Crippen MR) is 73.7 cm³/mol. The minimum Gasteiger partial charge on any atom is -0.492 e. The van der Waals surface area contributed by atoms with Gasteiger partial charge in [0.25, 0.3) is 0 Å². The van der Waals surface area contributed by atoms with Crippen LogP contribution in [0.5, 0.6) is 5.75 Å². The number of hydrogen-bond donors (Lipinski definition) is 0. The summed E-state index contributed by atoms with van der Waals surface area (Å²) >= 11 is 9.56. The molecular formula is C13H18BrClO. The van der Waals surface area contributed by atoms with Gasteiger partial charge in [-0.25, -0.2) is 0 Å². The SMILES string of the molecule is CC(C)(C)C(CBr)COc1ccccc1Cl. The molecule has 0 fully saturated rings. The van der Waals surface area contributed by atoms with E-state index in [9.17, 15) is 0 Å². The van der Waals surface area contributed by atoms with Gasteiger partial charge in [-0.1, -0.05) is 60.4 Å². The predicted octanol–water partition coefficient (Wildman–Crippen LogP) is 4.78. The van der Waals surface area contributed by atoms with Gasteiger partial charge in [-0.3, -0.25) is 0 Å². The molecule has 0 radical (unpaired) electrons. The largest absolute Gasteiger partial charge is 0.492 e. The van der Waals surface area contributed by atoms with E-state index >= 15 is 0 Å². The lowest BCUT2D eigenvalue weighted by Gasteiger charge is -2.29. The van der Waals surface area contributed by atoms with Gasteiger partial charge < -0.3 is 4.74 Å². The van der Waals surface area contributed by atoms with Crippen molar-refractivity contribution in [3.63, 3.8) is 0 Å². The van der Waals surface area contributed by atoms with E-state index < -0.39 is 0 Å². The molecule has 1 rings (SSSR count). The standard InChI is InChI=1S/C13H18BrClO/c1-13(2,3)10(8-14)9-16-12-7-5-4-6-11(12)15/h4-7,10H,8-9H2,1-3H3. The van der Waals surface area contributed by atoms with E-state index in [1.54, 1.807) is 0 Å². The summed E-state index contributed by atoms with van der Waals surface area (Å²) in [7, 11) is 0. The van der Waals surface area contributed by atoms with Crippen LogP contribution in [0.3, 0.4) is 0 Å². The molecule has 1 aromatic rings. The highest BCUT2D eigenvalue weighted by atomic mass is 79.9. The van der Waals surface area contributed by atoms with E-state index in [1.807, 2.05) is 24.3 Å². The van der Waals surface area contributed by atoms with Crippen LogP contribution in [0.1, 0.15) is 20.8 Å².